The van der Waals surface area contributed by atoms with E-state index in [2.05, 4.69) is 27.7 Å². The second-order valence-corrected chi connectivity index (χ2v) is 21.7. The molecule has 5 saturated heterocycles. The normalized spacial score (nSPS) is 58.6. The molecule has 0 aromatic carbocycles. The Balaban J connectivity index is 0.848. The van der Waals surface area contributed by atoms with Crippen LogP contribution in [0.2, 0.25) is 0 Å². The second-order valence-electron chi connectivity index (χ2n) is 21.7. The highest BCUT2D eigenvalue weighted by Gasteiger charge is 2.69. The van der Waals surface area contributed by atoms with E-state index in [1.807, 2.05) is 0 Å². The van der Waals surface area contributed by atoms with Crippen LogP contribution in [-0.4, -0.2) is 199 Å². The van der Waals surface area contributed by atoms with Crippen LogP contribution < -0.4 is 0 Å². The van der Waals surface area contributed by atoms with Gasteiger partial charge in [-0.2, -0.15) is 0 Å². The first kappa shape index (κ1) is 48.3. The first-order chi connectivity index (χ1) is 30.4. The largest absolute Gasteiger partial charge is 0.394 e. The lowest BCUT2D eigenvalue weighted by molar-refractivity contribution is -0.391. The predicted octanol–water partition coefficient (Wildman–Crippen LogP) is -1.76. The molecule has 28 atom stereocenters. The monoisotopic (exact) mass is 918 g/mol. The summed E-state index contributed by atoms with van der Waals surface area (Å²) in [5, 5.41) is 118. The highest BCUT2D eigenvalue weighted by atomic mass is 16.8. The maximum absolute atomic E-state index is 11.8. The van der Waals surface area contributed by atoms with Crippen molar-refractivity contribution in [2.45, 2.75) is 202 Å². The van der Waals surface area contributed by atoms with Crippen LogP contribution in [0, 0.1) is 52.3 Å². The summed E-state index contributed by atoms with van der Waals surface area (Å²) in [6, 6.07) is 0. The Morgan fingerprint density at radius 2 is 1.19 bits per heavy atom. The molecule has 0 unspecified atom stereocenters. The molecule has 4 saturated carbocycles. The molecule has 0 radical (unpaired) electrons. The van der Waals surface area contributed by atoms with Gasteiger partial charge in [-0.25, -0.2) is 0 Å². The third-order valence-electron chi connectivity index (χ3n) is 18.3. The summed E-state index contributed by atoms with van der Waals surface area (Å²) in [4.78, 5) is 0. The van der Waals surface area contributed by atoms with Crippen molar-refractivity contribution < 1.29 is 94.1 Å². The maximum atomic E-state index is 11.8. The van der Waals surface area contributed by atoms with Crippen LogP contribution in [0.1, 0.15) is 85.5 Å². The molecule has 1 spiro atoms. The lowest BCUT2D eigenvalue weighted by Gasteiger charge is -2.62. The van der Waals surface area contributed by atoms with E-state index in [9.17, 15) is 56.2 Å². The average Bonchev–Trinajstić information content (AvgIpc) is 3.72. The summed E-state index contributed by atoms with van der Waals surface area (Å²) < 4.78 is 48.7. The van der Waals surface area contributed by atoms with Crippen molar-refractivity contribution in [2.75, 3.05) is 26.4 Å². The molecule has 11 N–H and O–H groups in total. The minimum absolute atomic E-state index is 0.144. The van der Waals surface area contributed by atoms with Crippen molar-refractivity contribution in [3.05, 3.63) is 0 Å². The Labute approximate surface area is 373 Å². The van der Waals surface area contributed by atoms with Crippen molar-refractivity contribution in [3.8, 4) is 0 Å². The van der Waals surface area contributed by atoms with Gasteiger partial charge in [0.15, 0.2) is 24.7 Å². The summed E-state index contributed by atoms with van der Waals surface area (Å²) >= 11 is 0. The van der Waals surface area contributed by atoms with Crippen LogP contribution in [0.15, 0.2) is 0 Å². The molecule has 19 nitrogen and oxygen atoms in total. The quantitative estimate of drug-likeness (QED) is 0.114. The molecule has 19 heteroatoms. The van der Waals surface area contributed by atoms with Gasteiger partial charge in [0.1, 0.15) is 73.2 Å². The van der Waals surface area contributed by atoms with Crippen molar-refractivity contribution in [1.82, 2.24) is 0 Å². The van der Waals surface area contributed by atoms with Crippen molar-refractivity contribution in [3.63, 3.8) is 0 Å². The minimum atomic E-state index is -1.91. The van der Waals surface area contributed by atoms with Gasteiger partial charge >= 0.3 is 0 Å². The molecule has 0 aromatic heterocycles. The van der Waals surface area contributed by atoms with Crippen LogP contribution >= 0.6 is 0 Å². The number of aliphatic hydroxyl groups is 11. The first-order valence-electron chi connectivity index (χ1n) is 23.9. The molecule has 0 aromatic rings. The van der Waals surface area contributed by atoms with Crippen LogP contribution in [-0.2, 0) is 37.9 Å². The standard InChI is InChI=1S/C45H74O19/c1-18-7-10-45(57-17-18)19(2)30-26(64-45)12-23-21-6-5-20-11-25(24(49)13-44(20,4)22(21)8-9-43(23,30)3)58-40-37(56)35(54)38(29(16-48)61-40)62-42-39(34(53)32(51)28(15-47)60-42)63-41-36(55)33(52)31(50)27(14-46)59-41/h18-42,46-56H,5-17H2,1-4H3/t18-,19+,20+,21-,22+,23-,24-,25-,26+,27-,28-,29-,30+,31-,32-,33+,34+,35-,36-,37-,38+,39-,40-,41+,42+,43+,44+,45-/m1/s1. The van der Waals surface area contributed by atoms with E-state index in [0.29, 0.717) is 48.3 Å². The molecule has 9 rings (SSSR count). The zero-order valence-corrected chi connectivity index (χ0v) is 37.3. The highest BCUT2D eigenvalue weighted by molar-refractivity contribution is 5.16. The summed E-state index contributed by atoms with van der Waals surface area (Å²) in [6.07, 6.45) is -18.5. The first-order valence-corrected chi connectivity index (χ1v) is 23.9. The lowest BCUT2D eigenvalue weighted by Crippen LogP contribution is -2.67. The van der Waals surface area contributed by atoms with Gasteiger partial charge in [0.25, 0.3) is 0 Å². The topological polar surface area (TPSA) is 296 Å². The van der Waals surface area contributed by atoms with E-state index in [4.69, 9.17) is 37.9 Å². The van der Waals surface area contributed by atoms with Crippen LogP contribution in [0.5, 0.6) is 0 Å². The minimum Gasteiger partial charge on any atom is -0.394 e. The van der Waals surface area contributed by atoms with E-state index in [1.54, 1.807) is 0 Å². The molecule has 0 amide bonds. The lowest BCUT2D eigenvalue weighted by atomic mass is 9.44. The van der Waals surface area contributed by atoms with E-state index < -0.39 is 130 Å². The Kier molecular flexibility index (Phi) is 13.7. The SMILES string of the molecule is C[C@@H]1CC[C@@]2(OC1)O[C@H]1C[C@@H]3[C@@H]4CC[C@H]5C[C@@H](O[C@@H]6O[C@H](CO)[C@H](O[C@@H]7O[C@H](CO)[C@@H](O)[C@H](O)[C@H]7O[C@@H]7O[C@H](CO)[C@@H](O)[C@H](O)[C@H]7O)[C@H](O)[C@H]6O)[C@H](O)C[C@]5(C)[C@H]4CC[C@]3(C)[C@H]1[C@@H]2C. The molecule has 5 heterocycles. The molecule has 368 valence electrons. The zero-order chi connectivity index (χ0) is 45.8. The molecule has 5 aliphatic heterocycles. The third kappa shape index (κ3) is 7.85. The fourth-order valence-electron chi connectivity index (χ4n) is 14.7. The van der Waals surface area contributed by atoms with Gasteiger partial charge in [-0.05, 0) is 97.7 Å². The van der Waals surface area contributed by atoms with Gasteiger partial charge in [0.2, 0.25) is 0 Å². The molecular formula is C45H74O19. The Morgan fingerprint density at radius 3 is 1.86 bits per heavy atom. The van der Waals surface area contributed by atoms with Crippen LogP contribution in [0.3, 0.4) is 0 Å². The molecule has 0 bridgehead atoms. The predicted molar refractivity (Wildman–Crippen MR) is 217 cm³/mol. The van der Waals surface area contributed by atoms with Crippen LogP contribution in [0.25, 0.3) is 0 Å². The van der Waals surface area contributed by atoms with Crippen LogP contribution in [0.4, 0.5) is 0 Å². The summed E-state index contributed by atoms with van der Waals surface area (Å²) in [6.45, 7) is 7.85. The Bertz CT molecular complexity index is 1600. The van der Waals surface area contributed by atoms with Gasteiger partial charge in [-0.15, -0.1) is 0 Å². The number of ether oxygens (including phenoxy) is 8. The number of fused-ring (bicyclic) bond motifs is 7. The molecular weight excluding hydrogens is 844 g/mol. The fourth-order valence-corrected chi connectivity index (χ4v) is 14.7. The second kappa shape index (κ2) is 18.2. The Hall–Kier alpha value is -0.760. The molecule has 9 aliphatic rings. The van der Waals surface area contributed by atoms with Gasteiger partial charge in [-0.3, -0.25) is 0 Å². The average molecular weight is 919 g/mol. The zero-order valence-electron chi connectivity index (χ0n) is 37.3. The van der Waals surface area contributed by atoms with Crippen molar-refractivity contribution in [1.29, 1.82) is 0 Å². The van der Waals surface area contributed by atoms with Gasteiger partial charge in [-0.1, -0.05) is 27.7 Å². The van der Waals surface area contributed by atoms with Crippen molar-refractivity contribution >= 4 is 0 Å². The van der Waals surface area contributed by atoms with Gasteiger partial charge in [0.05, 0.1) is 44.7 Å². The summed E-state index contributed by atoms with van der Waals surface area (Å²) in [7, 11) is 0. The van der Waals surface area contributed by atoms with E-state index in [0.717, 1.165) is 51.6 Å². The summed E-state index contributed by atoms with van der Waals surface area (Å²) in [5.74, 6) is 2.57. The molecule has 64 heavy (non-hydrogen) atoms. The molecule has 9 fully saturated rings. The van der Waals surface area contributed by atoms with Crippen molar-refractivity contribution in [2.24, 2.45) is 52.3 Å². The van der Waals surface area contributed by atoms with E-state index in [-0.39, 0.29) is 22.9 Å². The number of rotatable bonds is 9. The number of hydrogen-bond acceptors (Lipinski definition) is 19. The fraction of sp³-hybridized carbons (Fsp3) is 1.00. The van der Waals surface area contributed by atoms with E-state index >= 15 is 0 Å². The summed E-state index contributed by atoms with van der Waals surface area (Å²) in [5.41, 5.74) is 0.0147. The molecule has 4 aliphatic carbocycles. The number of aliphatic hydroxyl groups excluding tert-OH is 11. The number of hydrogen-bond donors (Lipinski definition) is 11. The highest BCUT2D eigenvalue weighted by Crippen LogP contribution is 2.71. The van der Waals surface area contributed by atoms with Gasteiger partial charge in [0, 0.05) is 12.3 Å². The Morgan fingerprint density at radius 1 is 0.578 bits per heavy atom. The van der Waals surface area contributed by atoms with Gasteiger partial charge < -0.3 is 94.1 Å². The maximum Gasteiger partial charge on any atom is 0.187 e. The van der Waals surface area contributed by atoms with E-state index in [1.165, 1.54) is 0 Å². The third-order valence-corrected chi connectivity index (χ3v) is 18.3. The smallest absolute Gasteiger partial charge is 0.187 e.